The Hall–Kier alpha value is -7.88. The monoisotopic (exact) mass is 763 g/mol. The van der Waals surface area contributed by atoms with E-state index in [1.54, 1.807) is 0 Å². The normalized spacial score (nSPS) is 12.8. The topological polar surface area (TPSA) is 30.2 Å². The van der Waals surface area contributed by atoms with Crippen LogP contribution in [0.2, 0.25) is 0 Å². The summed E-state index contributed by atoms with van der Waals surface area (Å²) in [7, 11) is 0. The van der Waals surface area contributed by atoms with Gasteiger partial charge < -0.3 is 0 Å². The highest BCUT2D eigenvalue weighted by Gasteiger charge is 2.46. The molecule has 0 aliphatic heterocycles. The van der Waals surface area contributed by atoms with E-state index in [2.05, 4.69) is 217 Å². The van der Waals surface area contributed by atoms with Gasteiger partial charge in [0.2, 0.25) is 0 Å². The Morgan fingerprint density at radius 1 is 0.367 bits per heavy atom. The fraction of sp³-hybridized carbons (Fsp3) is 0.0175. The first-order chi connectivity index (χ1) is 29.8. The van der Waals surface area contributed by atoms with Gasteiger partial charge in [-0.15, -0.1) is 0 Å². The summed E-state index contributed by atoms with van der Waals surface area (Å²) in [6.45, 7) is 0. The van der Waals surface area contributed by atoms with Crippen molar-refractivity contribution in [1.82, 2.24) is 14.4 Å². The van der Waals surface area contributed by atoms with Crippen LogP contribution in [0.4, 0.5) is 0 Å². The van der Waals surface area contributed by atoms with E-state index in [0.29, 0.717) is 0 Å². The summed E-state index contributed by atoms with van der Waals surface area (Å²) < 4.78 is 2.18. The number of aromatic nitrogens is 3. The lowest BCUT2D eigenvalue weighted by molar-refractivity contribution is 0.769. The Morgan fingerprint density at radius 3 is 1.65 bits per heavy atom. The van der Waals surface area contributed by atoms with Crippen molar-refractivity contribution in [2.75, 3.05) is 0 Å². The van der Waals surface area contributed by atoms with E-state index in [1.165, 1.54) is 38.8 Å². The number of fused-ring (bicyclic) bond motifs is 8. The van der Waals surface area contributed by atoms with E-state index in [9.17, 15) is 0 Å². The smallest absolute Gasteiger partial charge is 0.137 e. The van der Waals surface area contributed by atoms with Gasteiger partial charge in [-0.1, -0.05) is 200 Å². The molecule has 12 rings (SSSR count). The van der Waals surface area contributed by atoms with E-state index in [4.69, 9.17) is 9.97 Å². The van der Waals surface area contributed by atoms with Gasteiger partial charge in [-0.3, -0.25) is 4.40 Å². The summed E-state index contributed by atoms with van der Waals surface area (Å²) in [6, 6.07) is 78.8. The van der Waals surface area contributed by atoms with Crippen molar-refractivity contribution in [2.45, 2.75) is 5.41 Å². The third-order valence-corrected chi connectivity index (χ3v) is 12.5. The van der Waals surface area contributed by atoms with Crippen molar-refractivity contribution < 1.29 is 0 Å². The lowest BCUT2D eigenvalue weighted by Gasteiger charge is -2.34. The van der Waals surface area contributed by atoms with Crippen LogP contribution in [0.5, 0.6) is 0 Å². The number of nitrogens with zero attached hydrogens (tertiary/aromatic N) is 3. The molecule has 0 atom stereocenters. The van der Waals surface area contributed by atoms with Crippen molar-refractivity contribution in [3.8, 4) is 56.0 Å². The second kappa shape index (κ2) is 13.6. The van der Waals surface area contributed by atoms with Gasteiger partial charge in [-0.25, -0.2) is 9.97 Å². The second-order valence-electron chi connectivity index (χ2n) is 15.7. The lowest BCUT2D eigenvalue weighted by atomic mass is 9.67. The number of imidazole rings is 1. The third-order valence-electron chi connectivity index (χ3n) is 12.5. The van der Waals surface area contributed by atoms with Crippen LogP contribution >= 0.6 is 0 Å². The van der Waals surface area contributed by atoms with Gasteiger partial charge in [-0.05, 0) is 62.7 Å². The number of hydrogen-bond acceptors (Lipinski definition) is 2. The minimum Gasteiger partial charge on any atom is -0.299 e. The van der Waals surface area contributed by atoms with E-state index < -0.39 is 5.41 Å². The molecule has 0 fully saturated rings. The van der Waals surface area contributed by atoms with Gasteiger partial charge in [0, 0.05) is 39.0 Å². The minimum atomic E-state index is -0.474. The average molecular weight is 764 g/mol. The maximum Gasteiger partial charge on any atom is 0.137 e. The molecule has 3 heteroatoms. The Balaban J connectivity index is 0.997. The number of rotatable bonds is 6. The fourth-order valence-electron chi connectivity index (χ4n) is 9.90. The summed E-state index contributed by atoms with van der Waals surface area (Å²) in [5.41, 5.74) is 17.8. The van der Waals surface area contributed by atoms with Crippen LogP contribution in [0.3, 0.4) is 0 Å². The molecule has 0 amide bonds. The zero-order valence-corrected chi connectivity index (χ0v) is 32.7. The predicted octanol–water partition coefficient (Wildman–Crippen LogP) is 14.1. The number of hydrogen-bond donors (Lipinski definition) is 0. The number of para-hydroxylation sites is 1. The highest BCUT2D eigenvalue weighted by atomic mass is 15.0. The molecule has 0 saturated heterocycles. The summed E-state index contributed by atoms with van der Waals surface area (Å²) in [5.74, 6) is 0. The van der Waals surface area contributed by atoms with E-state index >= 15 is 0 Å². The molecular formula is C57H37N3. The molecule has 280 valence electrons. The molecule has 0 saturated carbocycles. The van der Waals surface area contributed by atoms with Crippen LogP contribution in [-0.2, 0) is 5.41 Å². The largest absolute Gasteiger partial charge is 0.299 e. The minimum absolute atomic E-state index is 0.474. The Kier molecular flexibility index (Phi) is 7.76. The Bertz CT molecular complexity index is 3350. The standard InChI is InChI=1S/C57H37N3/c1-4-16-40(17-5-1)55-56(60-37-15-14-26-51(60)59-55)42-33-29-39(30-34-42)38-27-31-41(32-28-38)54-47-35-36-49-53(52(47)46-23-11-13-25-50(46)58-54)45-22-10-12-24-48(45)57(49,43-18-6-2-7-19-43)44-20-8-3-9-21-44/h1-37H. The molecular weight excluding hydrogens is 727 g/mol. The summed E-state index contributed by atoms with van der Waals surface area (Å²) in [6.07, 6.45) is 2.09. The summed E-state index contributed by atoms with van der Waals surface area (Å²) in [4.78, 5) is 10.4. The maximum absolute atomic E-state index is 5.40. The SMILES string of the molecule is c1ccc(-c2nc3ccccn3c2-c2ccc(-c3ccc(-c4nc5ccccc5c5c6c(ccc45)C(c4ccccc4)(c4ccccc4)c4ccccc4-6)cc3)cc2)cc1. The highest BCUT2D eigenvalue weighted by molar-refractivity contribution is 6.19. The van der Waals surface area contributed by atoms with E-state index in [0.717, 1.165) is 66.8 Å². The quantitative estimate of drug-likeness (QED) is 0.158. The van der Waals surface area contributed by atoms with Crippen LogP contribution in [0.1, 0.15) is 22.3 Å². The van der Waals surface area contributed by atoms with Crippen LogP contribution in [-0.4, -0.2) is 14.4 Å². The molecule has 3 heterocycles. The number of pyridine rings is 2. The zero-order chi connectivity index (χ0) is 39.6. The summed E-state index contributed by atoms with van der Waals surface area (Å²) >= 11 is 0. The third kappa shape index (κ3) is 5.09. The van der Waals surface area contributed by atoms with Crippen LogP contribution in [0.25, 0.3) is 83.3 Å². The van der Waals surface area contributed by atoms with E-state index in [1.807, 2.05) is 12.1 Å². The van der Waals surface area contributed by atoms with Gasteiger partial charge >= 0.3 is 0 Å². The van der Waals surface area contributed by atoms with Crippen LogP contribution in [0, 0.1) is 0 Å². The van der Waals surface area contributed by atoms with Crippen molar-refractivity contribution >= 4 is 27.3 Å². The van der Waals surface area contributed by atoms with Crippen molar-refractivity contribution in [1.29, 1.82) is 0 Å². The Labute approximate surface area is 348 Å². The molecule has 8 aromatic carbocycles. The maximum atomic E-state index is 5.40. The molecule has 0 bridgehead atoms. The first-order valence-corrected chi connectivity index (χ1v) is 20.6. The first kappa shape index (κ1) is 34.2. The van der Waals surface area contributed by atoms with Crippen LogP contribution < -0.4 is 0 Å². The molecule has 1 aliphatic rings. The molecule has 11 aromatic rings. The highest BCUT2D eigenvalue weighted by Crippen LogP contribution is 2.58. The second-order valence-corrected chi connectivity index (χ2v) is 15.7. The molecule has 1 aliphatic carbocycles. The summed E-state index contributed by atoms with van der Waals surface area (Å²) in [5, 5.41) is 3.56. The molecule has 0 spiro atoms. The van der Waals surface area contributed by atoms with Gasteiger partial charge in [0.25, 0.3) is 0 Å². The van der Waals surface area contributed by atoms with Crippen LogP contribution in [0.15, 0.2) is 225 Å². The molecule has 0 unspecified atom stereocenters. The van der Waals surface area contributed by atoms with Gasteiger partial charge in [0.1, 0.15) is 5.65 Å². The number of benzene rings is 8. The fourth-order valence-corrected chi connectivity index (χ4v) is 9.90. The molecule has 3 nitrogen and oxygen atoms in total. The van der Waals surface area contributed by atoms with Gasteiger partial charge in [0.05, 0.1) is 28.0 Å². The van der Waals surface area contributed by atoms with Crippen molar-refractivity contribution in [3.05, 3.63) is 247 Å². The van der Waals surface area contributed by atoms with Crippen molar-refractivity contribution in [2.24, 2.45) is 0 Å². The molecule has 0 N–H and O–H groups in total. The first-order valence-electron chi connectivity index (χ1n) is 20.6. The zero-order valence-electron chi connectivity index (χ0n) is 32.7. The van der Waals surface area contributed by atoms with E-state index in [-0.39, 0.29) is 0 Å². The molecule has 0 radical (unpaired) electrons. The van der Waals surface area contributed by atoms with Gasteiger partial charge in [-0.2, -0.15) is 0 Å². The molecule has 60 heavy (non-hydrogen) atoms. The lowest BCUT2D eigenvalue weighted by Crippen LogP contribution is -2.28. The van der Waals surface area contributed by atoms with Gasteiger partial charge in [0.15, 0.2) is 0 Å². The molecule has 3 aromatic heterocycles. The average Bonchev–Trinajstić information content (AvgIpc) is 3.87. The predicted molar refractivity (Wildman–Crippen MR) is 247 cm³/mol. The Morgan fingerprint density at radius 2 is 0.933 bits per heavy atom. The van der Waals surface area contributed by atoms with Crippen molar-refractivity contribution in [3.63, 3.8) is 0 Å².